The number of morpholine rings is 1. The van der Waals surface area contributed by atoms with Gasteiger partial charge in [0.2, 0.25) is 0 Å². The lowest BCUT2D eigenvalue weighted by molar-refractivity contribution is 0.100. The van der Waals surface area contributed by atoms with E-state index in [2.05, 4.69) is 27.8 Å². The number of rotatable bonds is 6. The number of likely N-dealkylation sites (tertiary alicyclic amines) is 1. The molecule has 0 N–H and O–H groups in total. The van der Waals surface area contributed by atoms with E-state index < -0.39 is 0 Å². The molecule has 2 aliphatic rings. The fourth-order valence-electron chi connectivity index (χ4n) is 3.58. The van der Waals surface area contributed by atoms with E-state index in [0.29, 0.717) is 5.92 Å². The Kier molecular flexibility index (Phi) is 6.40. The van der Waals surface area contributed by atoms with Crippen molar-refractivity contribution in [2.75, 3.05) is 64.1 Å². The van der Waals surface area contributed by atoms with Crippen molar-refractivity contribution in [3.8, 4) is 0 Å². The molecule has 0 saturated carbocycles. The van der Waals surface area contributed by atoms with Gasteiger partial charge in [0.05, 0.1) is 25.5 Å². The van der Waals surface area contributed by atoms with Crippen molar-refractivity contribution in [3.05, 3.63) is 17.6 Å². The summed E-state index contributed by atoms with van der Waals surface area (Å²) in [5.41, 5.74) is 1.20. The third-order valence-corrected chi connectivity index (χ3v) is 4.86. The highest BCUT2D eigenvalue weighted by molar-refractivity contribution is 5.41. The van der Waals surface area contributed by atoms with Crippen LogP contribution in [-0.2, 0) is 9.47 Å². The zero-order valence-corrected chi connectivity index (χ0v) is 15.0. The van der Waals surface area contributed by atoms with Crippen LogP contribution in [0.15, 0.2) is 6.07 Å². The summed E-state index contributed by atoms with van der Waals surface area (Å²) in [5.74, 6) is 2.44. The molecule has 1 atom stereocenters. The van der Waals surface area contributed by atoms with Crippen LogP contribution in [0.5, 0.6) is 0 Å². The Labute approximate surface area is 145 Å². The van der Waals surface area contributed by atoms with Crippen LogP contribution >= 0.6 is 0 Å². The van der Waals surface area contributed by atoms with E-state index in [0.717, 1.165) is 64.2 Å². The Bertz CT molecular complexity index is 520. The molecule has 0 unspecified atom stereocenters. The highest BCUT2D eigenvalue weighted by Gasteiger charge is 2.24. The average Bonchev–Trinajstić information content (AvgIpc) is 2.62. The van der Waals surface area contributed by atoms with E-state index in [4.69, 9.17) is 14.5 Å². The Hall–Kier alpha value is -1.24. The van der Waals surface area contributed by atoms with E-state index >= 15 is 0 Å². The standard InChI is InChI=1S/C18H30N4O2/c1-3-23-10-7-21-6-4-5-16(14-21)17-13-18(20-15(2)19-17)22-8-11-24-12-9-22/h13,16H,3-12,14H2,1-2H3/t16-/m1/s1. The molecule has 2 saturated heterocycles. The summed E-state index contributed by atoms with van der Waals surface area (Å²) in [6.45, 7) is 12.3. The third-order valence-electron chi connectivity index (χ3n) is 4.86. The van der Waals surface area contributed by atoms with Crippen LogP contribution in [0.25, 0.3) is 0 Å². The molecule has 1 aromatic heterocycles. The van der Waals surface area contributed by atoms with Crippen LogP contribution in [0.4, 0.5) is 5.82 Å². The number of piperidine rings is 1. The molecule has 6 nitrogen and oxygen atoms in total. The second-order valence-corrected chi connectivity index (χ2v) is 6.63. The first-order valence-corrected chi connectivity index (χ1v) is 9.24. The molecule has 0 spiro atoms. The minimum atomic E-state index is 0.502. The SMILES string of the molecule is CCOCCN1CCC[C@@H](c2cc(N3CCOCC3)nc(C)n2)C1. The Morgan fingerprint density at radius 2 is 2.08 bits per heavy atom. The van der Waals surface area contributed by atoms with E-state index in [9.17, 15) is 0 Å². The fraction of sp³-hybridized carbons (Fsp3) is 0.778. The Balaban J connectivity index is 1.67. The molecule has 1 aromatic rings. The van der Waals surface area contributed by atoms with Crippen LogP contribution in [0.2, 0.25) is 0 Å². The van der Waals surface area contributed by atoms with Gasteiger partial charge in [0.15, 0.2) is 0 Å². The van der Waals surface area contributed by atoms with Gasteiger partial charge in [0.25, 0.3) is 0 Å². The second kappa shape index (κ2) is 8.74. The lowest BCUT2D eigenvalue weighted by Crippen LogP contribution is -2.38. The lowest BCUT2D eigenvalue weighted by atomic mass is 9.94. The molecule has 0 aromatic carbocycles. The highest BCUT2D eigenvalue weighted by Crippen LogP contribution is 2.27. The van der Waals surface area contributed by atoms with Crippen molar-refractivity contribution < 1.29 is 9.47 Å². The van der Waals surface area contributed by atoms with E-state index in [1.807, 2.05) is 6.92 Å². The average molecular weight is 334 g/mol. The number of nitrogens with zero attached hydrogens (tertiary/aromatic N) is 4. The van der Waals surface area contributed by atoms with Gasteiger partial charge in [-0.05, 0) is 33.2 Å². The molecule has 3 heterocycles. The lowest BCUT2D eigenvalue weighted by Gasteiger charge is -2.33. The molecule has 0 radical (unpaired) electrons. The van der Waals surface area contributed by atoms with Crippen molar-refractivity contribution in [2.45, 2.75) is 32.6 Å². The minimum absolute atomic E-state index is 0.502. The van der Waals surface area contributed by atoms with Crippen LogP contribution in [0.3, 0.4) is 0 Å². The zero-order valence-electron chi connectivity index (χ0n) is 15.0. The van der Waals surface area contributed by atoms with Crippen molar-refractivity contribution in [1.82, 2.24) is 14.9 Å². The molecule has 24 heavy (non-hydrogen) atoms. The van der Waals surface area contributed by atoms with Crippen molar-refractivity contribution in [2.24, 2.45) is 0 Å². The summed E-state index contributed by atoms with van der Waals surface area (Å²) in [6, 6.07) is 2.20. The summed E-state index contributed by atoms with van der Waals surface area (Å²) in [6.07, 6.45) is 2.44. The summed E-state index contributed by atoms with van der Waals surface area (Å²) in [5, 5.41) is 0. The molecular weight excluding hydrogens is 304 g/mol. The van der Waals surface area contributed by atoms with Crippen molar-refractivity contribution >= 4 is 5.82 Å². The van der Waals surface area contributed by atoms with E-state index in [1.54, 1.807) is 0 Å². The molecule has 6 heteroatoms. The second-order valence-electron chi connectivity index (χ2n) is 6.63. The van der Waals surface area contributed by atoms with Crippen molar-refractivity contribution in [1.29, 1.82) is 0 Å². The van der Waals surface area contributed by atoms with E-state index in [1.165, 1.54) is 25.1 Å². The topological polar surface area (TPSA) is 50.7 Å². The molecule has 3 rings (SSSR count). The molecule has 0 aliphatic carbocycles. The molecule has 0 amide bonds. The quantitative estimate of drug-likeness (QED) is 0.740. The van der Waals surface area contributed by atoms with Crippen LogP contribution in [0, 0.1) is 6.92 Å². The normalized spacial score (nSPS) is 22.8. The maximum atomic E-state index is 5.51. The van der Waals surface area contributed by atoms with Gasteiger partial charge in [-0.3, -0.25) is 0 Å². The number of aromatic nitrogens is 2. The number of anilines is 1. The number of hydrogen-bond donors (Lipinski definition) is 0. The van der Waals surface area contributed by atoms with Gasteiger partial charge in [-0.1, -0.05) is 0 Å². The maximum absolute atomic E-state index is 5.51. The first-order valence-electron chi connectivity index (χ1n) is 9.24. The summed E-state index contributed by atoms with van der Waals surface area (Å²) < 4.78 is 11.0. The summed E-state index contributed by atoms with van der Waals surface area (Å²) in [7, 11) is 0. The van der Waals surface area contributed by atoms with Gasteiger partial charge < -0.3 is 19.3 Å². The van der Waals surface area contributed by atoms with Crippen LogP contribution < -0.4 is 4.90 Å². The first-order chi connectivity index (χ1) is 11.8. The van der Waals surface area contributed by atoms with Gasteiger partial charge in [0, 0.05) is 44.8 Å². The minimum Gasteiger partial charge on any atom is -0.380 e. The maximum Gasteiger partial charge on any atom is 0.132 e. The largest absolute Gasteiger partial charge is 0.380 e. The molecule has 2 fully saturated rings. The number of ether oxygens (including phenoxy) is 2. The summed E-state index contributed by atoms with van der Waals surface area (Å²) in [4.78, 5) is 14.2. The van der Waals surface area contributed by atoms with Gasteiger partial charge >= 0.3 is 0 Å². The third kappa shape index (κ3) is 4.65. The predicted octanol–water partition coefficient (Wildman–Crippen LogP) is 1.84. The summed E-state index contributed by atoms with van der Waals surface area (Å²) >= 11 is 0. The van der Waals surface area contributed by atoms with Crippen LogP contribution in [0.1, 0.15) is 37.2 Å². The Morgan fingerprint density at radius 3 is 2.88 bits per heavy atom. The van der Waals surface area contributed by atoms with Gasteiger partial charge in [0.1, 0.15) is 11.6 Å². The Morgan fingerprint density at radius 1 is 1.25 bits per heavy atom. The van der Waals surface area contributed by atoms with Gasteiger partial charge in [-0.15, -0.1) is 0 Å². The number of hydrogen-bond acceptors (Lipinski definition) is 6. The zero-order chi connectivity index (χ0) is 16.8. The van der Waals surface area contributed by atoms with Crippen molar-refractivity contribution in [3.63, 3.8) is 0 Å². The monoisotopic (exact) mass is 334 g/mol. The van der Waals surface area contributed by atoms with Gasteiger partial charge in [-0.25, -0.2) is 9.97 Å². The number of aryl methyl sites for hydroxylation is 1. The molecular formula is C18H30N4O2. The smallest absolute Gasteiger partial charge is 0.132 e. The fourth-order valence-corrected chi connectivity index (χ4v) is 3.58. The highest BCUT2D eigenvalue weighted by atomic mass is 16.5. The van der Waals surface area contributed by atoms with Crippen LogP contribution in [-0.4, -0.2) is 74.0 Å². The first kappa shape index (κ1) is 17.6. The predicted molar refractivity (Wildman–Crippen MR) is 94.7 cm³/mol. The molecule has 134 valence electrons. The van der Waals surface area contributed by atoms with E-state index in [-0.39, 0.29) is 0 Å². The molecule has 2 aliphatic heterocycles. The van der Waals surface area contributed by atoms with Gasteiger partial charge in [-0.2, -0.15) is 0 Å². The molecule has 0 bridgehead atoms.